The second-order valence-electron chi connectivity index (χ2n) is 6.96. The zero-order valence-corrected chi connectivity index (χ0v) is 15.2. The molecule has 1 aliphatic carbocycles. The number of aromatic nitrogens is 1. The van der Waals surface area contributed by atoms with Gasteiger partial charge in [0.1, 0.15) is 18.2 Å². The molecule has 1 fully saturated rings. The lowest BCUT2D eigenvalue weighted by molar-refractivity contribution is 0.174. The van der Waals surface area contributed by atoms with Crippen molar-refractivity contribution in [3.05, 3.63) is 72.0 Å². The smallest absolute Gasteiger partial charge is 0.208 e. The number of halogens is 1. The maximum atomic E-state index is 13.4. The molecule has 2 atom stereocenters. The van der Waals surface area contributed by atoms with Crippen LogP contribution in [0, 0.1) is 5.82 Å². The van der Waals surface area contributed by atoms with E-state index in [9.17, 15) is 12.8 Å². The Morgan fingerprint density at radius 1 is 1.19 bits per heavy atom. The quantitative estimate of drug-likeness (QED) is 0.814. The van der Waals surface area contributed by atoms with E-state index >= 15 is 0 Å². The van der Waals surface area contributed by atoms with Gasteiger partial charge in [0.25, 0.3) is 0 Å². The summed E-state index contributed by atoms with van der Waals surface area (Å²) >= 11 is 0. The fraction of sp³-hybridized carbons (Fsp3) is 0.250. The minimum Gasteiger partial charge on any atom is -0.491 e. The first-order valence-corrected chi connectivity index (χ1v) is 10.3. The van der Waals surface area contributed by atoms with Crippen LogP contribution in [0.1, 0.15) is 17.9 Å². The average molecular weight is 384 g/mol. The fourth-order valence-electron chi connectivity index (χ4n) is 4.08. The average Bonchev–Trinajstić information content (AvgIpc) is 3.04. The molecule has 0 amide bonds. The van der Waals surface area contributed by atoms with Crippen molar-refractivity contribution in [2.45, 2.75) is 28.2 Å². The summed E-state index contributed by atoms with van der Waals surface area (Å²) in [6, 6.07) is 6.21. The monoisotopic (exact) mass is 384 g/mol. The van der Waals surface area contributed by atoms with Gasteiger partial charge in [0.2, 0.25) is 9.84 Å². The molecule has 3 heterocycles. The van der Waals surface area contributed by atoms with Gasteiger partial charge in [-0.3, -0.25) is 4.98 Å². The second-order valence-corrected chi connectivity index (χ2v) is 8.91. The summed E-state index contributed by atoms with van der Waals surface area (Å²) < 4.78 is 44.9. The number of nitrogens with zero attached hydrogens (tertiary/aromatic N) is 2. The molecule has 0 N–H and O–H groups in total. The summed E-state index contributed by atoms with van der Waals surface area (Å²) in [7, 11) is -3.85. The lowest BCUT2D eigenvalue weighted by Gasteiger charge is -2.36. The molecule has 7 heteroatoms. The molecule has 2 aromatic rings. The van der Waals surface area contributed by atoms with E-state index < -0.39 is 15.7 Å². The summed E-state index contributed by atoms with van der Waals surface area (Å²) in [6.45, 7) is 1.48. The van der Waals surface area contributed by atoms with Crippen LogP contribution in [0.3, 0.4) is 0 Å². The van der Waals surface area contributed by atoms with Crippen molar-refractivity contribution >= 4 is 9.84 Å². The van der Waals surface area contributed by atoms with Crippen LogP contribution in [0.5, 0.6) is 5.75 Å². The summed E-state index contributed by atoms with van der Waals surface area (Å²) in [5.41, 5.74) is 2.27. The summed E-state index contributed by atoms with van der Waals surface area (Å²) in [6.07, 6.45) is 9.36. The van der Waals surface area contributed by atoms with Crippen molar-refractivity contribution in [1.29, 1.82) is 0 Å². The molecule has 0 saturated carbocycles. The predicted octanol–water partition coefficient (Wildman–Crippen LogP) is 3.06. The molecule has 138 valence electrons. The predicted molar refractivity (Wildman–Crippen MR) is 96.7 cm³/mol. The number of rotatable bonds is 3. The van der Waals surface area contributed by atoms with Crippen molar-refractivity contribution in [3.63, 3.8) is 0 Å². The highest BCUT2D eigenvalue weighted by Gasteiger charge is 2.41. The van der Waals surface area contributed by atoms with E-state index in [-0.39, 0.29) is 15.8 Å². The first-order chi connectivity index (χ1) is 13.0. The standard InChI is InChI=1S/C20H17FN2O3S/c21-13-8-16(11-22-10-13)27(24,25)15-4-5-18-17-6-7-23(14-2-1-3-14)19(17)12-26-20(18)9-15/h1-5,8-11,17,19H,6-7,12H2. The van der Waals surface area contributed by atoms with Crippen LogP contribution in [0.25, 0.3) is 0 Å². The Morgan fingerprint density at radius 3 is 2.78 bits per heavy atom. The first kappa shape index (κ1) is 16.5. The van der Waals surface area contributed by atoms with Gasteiger partial charge < -0.3 is 9.64 Å². The van der Waals surface area contributed by atoms with Crippen LogP contribution in [0.15, 0.2) is 70.4 Å². The molecular formula is C20H17FN2O3S. The number of ether oxygens (including phenoxy) is 1. The van der Waals surface area contributed by atoms with Crippen molar-refractivity contribution in [3.8, 4) is 5.75 Å². The zero-order chi connectivity index (χ0) is 18.6. The van der Waals surface area contributed by atoms with Gasteiger partial charge in [0.05, 0.1) is 22.0 Å². The molecule has 0 radical (unpaired) electrons. The number of hydrogen-bond donors (Lipinski definition) is 0. The number of allylic oxidation sites excluding steroid dienone is 3. The van der Waals surface area contributed by atoms with Gasteiger partial charge in [-0.1, -0.05) is 12.1 Å². The van der Waals surface area contributed by atoms with E-state index in [0.717, 1.165) is 37.0 Å². The van der Waals surface area contributed by atoms with Crippen LogP contribution in [-0.2, 0) is 9.84 Å². The molecular weight excluding hydrogens is 367 g/mol. The minimum absolute atomic E-state index is 0.0894. The molecule has 5 rings (SSSR count). The maximum absolute atomic E-state index is 13.4. The number of hydrogen-bond acceptors (Lipinski definition) is 5. The van der Waals surface area contributed by atoms with Gasteiger partial charge in [0.15, 0.2) is 0 Å². The molecule has 1 aromatic carbocycles. The highest BCUT2D eigenvalue weighted by atomic mass is 32.2. The van der Waals surface area contributed by atoms with Gasteiger partial charge in [0, 0.05) is 24.4 Å². The van der Waals surface area contributed by atoms with Crippen LogP contribution < -0.4 is 4.74 Å². The molecule has 1 saturated heterocycles. The van der Waals surface area contributed by atoms with Crippen LogP contribution in [-0.4, -0.2) is 37.5 Å². The molecule has 2 unspecified atom stereocenters. The molecule has 0 spiro atoms. The Morgan fingerprint density at radius 2 is 2.04 bits per heavy atom. The van der Waals surface area contributed by atoms with Gasteiger partial charge in [-0.2, -0.15) is 0 Å². The molecule has 0 bridgehead atoms. The Labute approximate surface area is 156 Å². The van der Waals surface area contributed by atoms with Gasteiger partial charge >= 0.3 is 0 Å². The molecule has 1 aromatic heterocycles. The minimum atomic E-state index is -3.85. The van der Waals surface area contributed by atoms with Crippen molar-refractivity contribution in [2.24, 2.45) is 0 Å². The molecule has 27 heavy (non-hydrogen) atoms. The SMILES string of the molecule is O=S(=O)(c1cncc(F)c1)c1ccc2c(c1)OCC1C2CCN1C1=CC=C1. The molecule has 2 aliphatic heterocycles. The van der Waals surface area contributed by atoms with Gasteiger partial charge in [-0.05, 0) is 42.3 Å². The Hall–Kier alpha value is -2.67. The van der Waals surface area contributed by atoms with Crippen molar-refractivity contribution < 1.29 is 17.5 Å². The number of fused-ring (bicyclic) bond motifs is 3. The van der Waals surface area contributed by atoms with Crippen molar-refractivity contribution in [2.75, 3.05) is 13.2 Å². The van der Waals surface area contributed by atoms with E-state index in [1.165, 1.54) is 5.70 Å². The highest BCUT2D eigenvalue weighted by molar-refractivity contribution is 7.91. The Bertz CT molecular complexity index is 1090. The van der Waals surface area contributed by atoms with Crippen LogP contribution in [0.4, 0.5) is 4.39 Å². The summed E-state index contributed by atoms with van der Waals surface area (Å²) in [5, 5.41) is 0. The number of pyridine rings is 1. The maximum Gasteiger partial charge on any atom is 0.208 e. The number of benzene rings is 1. The van der Waals surface area contributed by atoms with Crippen LogP contribution >= 0.6 is 0 Å². The Balaban J connectivity index is 1.48. The fourth-order valence-corrected chi connectivity index (χ4v) is 5.33. The first-order valence-electron chi connectivity index (χ1n) is 8.81. The summed E-state index contributed by atoms with van der Waals surface area (Å²) in [4.78, 5) is 5.93. The number of likely N-dealkylation sites (tertiary alicyclic amines) is 1. The van der Waals surface area contributed by atoms with Crippen LogP contribution in [0.2, 0.25) is 0 Å². The number of sulfone groups is 1. The molecule has 3 aliphatic rings. The second kappa shape index (κ2) is 5.92. The topological polar surface area (TPSA) is 59.5 Å². The van der Waals surface area contributed by atoms with E-state index in [4.69, 9.17) is 4.74 Å². The third kappa shape index (κ3) is 2.56. The van der Waals surface area contributed by atoms with E-state index in [1.807, 2.05) is 12.1 Å². The molecule has 5 nitrogen and oxygen atoms in total. The van der Waals surface area contributed by atoms with E-state index in [0.29, 0.717) is 18.3 Å². The normalized spacial score (nSPS) is 23.1. The lowest BCUT2D eigenvalue weighted by Crippen LogP contribution is -2.39. The van der Waals surface area contributed by atoms with Gasteiger partial charge in [-0.25, -0.2) is 12.8 Å². The third-order valence-electron chi connectivity index (χ3n) is 5.51. The van der Waals surface area contributed by atoms with E-state index in [1.54, 1.807) is 12.1 Å². The highest BCUT2D eigenvalue weighted by Crippen LogP contribution is 2.44. The Kier molecular flexibility index (Phi) is 3.62. The largest absolute Gasteiger partial charge is 0.491 e. The zero-order valence-electron chi connectivity index (χ0n) is 14.4. The van der Waals surface area contributed by atoms with E-state index in [2.05, 4.69) is 22.0 Å². The van der Waals surface area contributed by atoms with Crippen molar-refractivity contribution in [1.82, 2.24) is 9.88 Å². The summed E-state index contributed by atoms with van der Waals surface area (Å²) in [5.74, 6) is 0.233. The lowest BCUT2D eigenvalue weighted by atomic mass is 9.89. The third-order valence-corrected chi connectivity index (χ3v) is 7.22. The van der Waals surface area contributed by atoms with Gasteiger partial charge in [-0.15, -0.1) is 0 Å².